The normalized spacial score (nSPS) is 19.5. The van der Waals surface area contributed by atoms with Crippen LogP contribution in [0.1, 0.15) is 13.3 Å². The molecule has 1 atom stereocenters. The van der Waals surface area contributed by atoms with E-state index in [9.17, 15) is 9.59 Å². The number of nitrogens with zero attached hydrogens (tertiary/aromatic N) is 5. The summed E-state index contributed by atoms with van der Waals surface area (Å²) >= 11 is 0. The molecule has 0 bridgehead atoms. The average molecular weight is 321 g/mol. The molecular formula is C15H23N5O3. The van der Waals surface area contributed by atoms with Gasteiger partial charge in [0.05, 0.1) is 19.5 Å². The van der Waals surface area contributed by atoms with Gasteiger partial charge in [0.25, 0.3) is 5.56 Å². The maximum absolute atomic E-state index is 12.6. The zero-order valence-electron chi connectivity index (χ0n) is 13.9. The van der Waals surface area contributed by atoms with Crippen molar-refractivity contribution in [2.75, 3.05) is 26.3 Å². The van der Waals surface area contributed by atoms with Crippen molar-refractivity contribution in [1.82, 2.24) is 23.6 Å². The summed E-state index contributed by atoms with van der Waals surface area (Å²) in [5, 5.41) is 0. The van der Waals surface area contributed by atoms with Gasteiger partial charge in [-0.05, 0) is 13.3 Å². The standard InChI is InChI=1S/C15H23N5O3/c1-11-9-23-8-7-19(11)5-4-6-20-14(21)12-13(16-10-17(12)2)18(3)15(20)22/h10-11H,4-9H2,1-3H3/t11-/m1/s1. The minimum absolute atomic E-state index is 0.266. The molecule has 1 aliphatic rings. The van der Waals surface area contributed by atoms with Gasteiger partial charge in [0.1, 0.15) is 0 Å². The Bertz CT molecular complexity index is 819. The Kier molecular flexibility index (Phi) is 4.36. The summed E-state index contributed by atoms with van der Waals surface area (Å²) in [6.07, 6.45) is 2.31. The Morgan fingerprint density at radius 3 is 2.83 bits per heavy atom. The Morgan fingerprint density at radius 1 is 1.30 bits per heavy atom. The summed E-state index contributed by atoms with van der Waals surface area (Å²) in [5.41, 5.74) is 0.321. The second-order valence-corrected chi connectivity index (χ2v) is 6.14. The first kappa shape index (κ1) is 15.9. The lowest BCUT2D eigenvalue weighted by molar-refractivity contribution is -0.00116. The predicted molar refractivity (Wildman–Crippen MR) is 86.7 cm³/mol. The molecule has 2 aromatic rings. The molecule has 0 saturated carbocycles. The van der Waals surface area contributed by atoms with E-state index in [1.54, 1.807) is 25.0 Å². The number of fused-ring (bicyclic) bond motifs is 1. The molecule has 0 unspecified atom stereocenters. The molecule has 0 radical (unpaired) electrons. The van der Waals surface area contributed by atoms with Crippen LogP contribution in [0.15, 0.2) is 15.9 Å². The number of aromatic nitrogens is 4. The molecule has 1 aliphatic heterocycles. The highest BCUT2D eigenvalue weighted by molar-refractivity contribution is 5.69. The van der Waals surface area contributed by atoms with E-state index in [4.69, 9.17) is 4.74 Å². The molecule has 8 heteroatoms. The summed E-state index contributed by atoms with van der Waals surface area (Å²) in [5.74, 6) is 0. The van der Waals surface area contributed by atoms with Crippen LogP contribution in [-0.2, 0) is 25.4 Å². The monoisotopic (exact) mass is 321 g/mol. The topological polar surface area (TPSA) is 74.3 Å². The van der Waals surface area contributed by atoms with E-state index in [-0.39, 0.29) is 11.2 Å². The molecule has 3 rings (SSSR count). The van der Waals surface area contributed by atoms with Gasteiger partial charge in [-0.25, -0.2) is 9.78 Å². The largest absolute Gasteiger partial charge is 0.379 e. The predicted octanol–water partition coefficient (Wildman–Crippen LogP) is -0.455. The second-order valence-electron chi connectivity index (χ2n) is 6.14. The minimum atomic E-state index is -0.309. The van der Waals surface area contributed by atoms with E-state index in [0.717, 1.165) is 32.7 Å². The Balaban J connectivity index is 1.81. The lowest BCUT2D eigenvalue weighted by atomic mass is 10.2. The van der Waals surface area contributed by atoms with Crippen LogP contribution in [0.25, 0.3) is 11.2 Å². The highest BCUT2D eigenvalue weighted by Crippen LogP contribution is 2.07. The lowest BCUT2D eigenvalue weighted by Crippen LogP contribution is -2.45. The van der Waals surface area contributed by atoms with Crippen LogP contribution in [0.4, 0.5) is 0 Å². The number of hydrogen-bond acceptors (Lipinski definition) is 5. The van der Waals surface area contributed by atoms with E-state index >= 15 is 0 Å². The highest BCUT2D eigenvalue weighted by atomic mass is 16.5. The van der Waals surface area contributed by atoms with Crippen molar-refractivity contribution in [3.8, 4) is 0 Å². The van der Waals surface area contributed by atoms with Crippen LogP contribution in [0.5, 0.6) is 0 Å². The summed E-state index contributed by atoms with van der Waals surface area (Å²) in [6.45, 7) is 5.77. The summed E-state index contributed by atoms with van der Waals surface area (Å²) in [7, 11) is 3.42. The van der Waals surface area contributed by atoms with Crippen molar-refractivity contribution < 1.29 is 4.74 Å². The Morgan fingerprint density at radius 2 is 2.09 bits per heavy atom. The lowest BCUT2D eigenvalue weighted by Gasteiger charge is -2.33. The molecule has 0 aromatic carbocycles. The second kappa shape index (κ2) is 6.29. The summed E-state index contributed by atoms with van der Waals surface area (Å²) in [4.78, 5) is 31.5. The first-order valence-electron chi connectivity index (χ1n) is 7.93. The van der Waals surface area contributed by atoms with E-state index in [2.05, 4.69) is 16.8 Å². The molecule has 0 aliphatic carbocycles. The van der Waals surface area contributed by atoms with Gasteiger partial charge >= 0.3 is 5.69 Å². The molecule has 8 nitrogen and oxygen atoms in total. The molecule has 126 valence electrons. The number of aryl methyl sites for hydroxylation is 2. The van der Waals surface area contributed by atoms with Gasteiger partial charge in [-0.2, -0.15) is 0 Å². The number of rotatable bonds is 4. The fraction of sp³-hybridized carbons (Fsp3) is 0.667. The van der Waals surface area contributed by atoms with E-state index < -0.39 is 0 Å². The first-order valence-corrected chi connectivity index (χ1v) is 7.93. The zero-order valence-corrected chi connectivity index (χ0v) is 13.9. The van der Waals surface area contributed by atoms with Crippen molar-refractivity contribution in [2.45, 2.75) is 25.9 Å². The average Bonchev–Trinajstić information content (AvgIpc) is 2.92. The maximum Gasteiger partial charge on any atom is 0.332 e. The van der Waals surface area contributed by atoms with E-state index in [1.165, 1.54) is 9.13 Å². The van der Waals surface area contributed by atoms with Crippen molar-refractivity contribution >= 4 is 11.2 Å². The van der Waals surface area contributed by atoms with Crippen LogP contribution in [0, 0.1) is 0 Å². The molecular weight excluding hydrogens is 298 g/mol. The Labute approximate surface area is 133 Å². The molecule has 1 saturated heterocycles. The van der Waals surface area contributed by atoms with Gasteiger partial charge in [0.2, 0.25) is 0 Å². The van der Waals surface area contributed by atoms with Crippen molar-refractivity contribution in [2.24, 2.45) is 14.1 Å². The minimum Gasteiger partial charge on any atom is -0.379 e. The molecule has 1 fully saturated rings. The van der Waals surface area contributed by atoms with Crippen LogP contribution in [-0.4, -0.2) is 55.9 Å². The van der Waals surface area contributed by atoms with Gasteiger partial charge < -0.3 is 9.30 Å². The van der Waals surface area contributed by atoms with Crippen LogP contribution < -0.4 is 11.2 Å². The van der Waals surface area contributed by atoms with Gasteiger partial charge in [-0.3, -0.25) is 18.8 Å². The summed E-state index contributed by atoms with van der Waals surface area (Å²) < 4.78 is 9.84. The number of imidazole rings is 1. The van der Waals surface area contributed by atoms with Gasteiger partial charge in [0.15, 0.2) is 11.2 Å². The fourth-order valence-corrected chi connectivity index (χ4v) is 3.12. The van der Waals surface area contributed by atoms with Crippen molar-refractivity contribution in [3.63, 3.8) is 0 Å². The smallest absolute Gasteiger partial charge is 0.332 e. The third-order valence-corrected chi connectivity index (χ3v) is 4.53. The highest BCUT2D eigenvalue weighted by Gasteiger charge is 2.19. The van der Waals surface area contributed by atoms with Crippen LogP contribution in [0.2, 0.25) is 0 Å². The number of hydrogen-bond donors (Lipinski definition) is 0. The van der Waals surface area contributed by atoms with Crippen LogP contribution in [0.3, 0.4) is 0 Å². The Hall–Kier alpha value is -1.93. The molecule has 0 amide bonds. The molecule has 3 heterocycles. The molecule has 23 heavy (non-hydrogen) atoms. The van der Waals surface area contributed by atoms with E-state index in [0.29, 0.717) is 23.8 Å². The summed E-state index contributed by atoms with van der Waals surface area (Å²) in [6, 6.07) is 0.378. The SMILES string of the molecule is C[C@@H]1COCCN1CCCn1c(=O)c2c(ncn2C)n(C)c1=O. The third kappa shape index (κ3) is 2.84. The molecule has 2 aromatic heterocycles. The van der Waals surface area contributed by atoms with Crippen molar-refractivity contribution in [3.05, 3.63) is 27.2 Å². The molecule has 0 N–H and O–H groups in total. The van der Waals surface area contributed by atoms with Gasteiger partial charge in [-0.15, -0.1) is 0 Å². The molecule has 0 spiro atoms. The first-order chi connectivity index (χ1) is 11.0. The third-order valence-electron chi connectivity index (χ3n) is 4.53. The quantitative estimate of drug-likeness (QED) is 0.762. The fourth-order valence-electron chi connectivity index (χ4n) is 3.12. The van der Waals surface area contributed by atoms with Gasteiger partial charge in [-0.1, -0.05) is 0 Å². The number of ether oxygens (including phenoxy) is 1. The van der Waals surface area contributed by atoms with Gasteiger partial charge in [0, 0.05) is 39.8 Å². The maximum atomic E-state index is 12.6. The van der Waals surface area contributed by atoms with Crippen molar-refractivity contribution in [1.29, 1.82) is 0 Å². The zero-order chi connectivity index (χ0) is 16.6. The number of morpholine rings is 1. The van der Waals surface area contributed by atoms with Crippen LogP contribution >= 0.6 is 0 Å². The van der Waals surface area contributed by atoms with E-state index in [1.807, 2.05) is 0 Å².